The van der Waals surface area contributed by atoms with Crippen LogP contribution in [0.25, 0.3) is 0 Å². The van der Waals surface area contributed by atoms with E-state index in [1.165, 1.54) is 18.7 Å². The van der Waals surface area contributed by atoms with Crippen molar-refractivity contribution >= 4 is 40.9 Å². The van der Waals surface area contributed by atoms with Crippen molar-refractivity contribution in [3.8, 4) is 0 Å². The monoisotopic (exact) mass is 412 g/mol. The van der Waals surface area contributed by atoms with Gasteiger partial charge >= 0.3 is 5.97 Å². The predicted octanol–water partition coefficient (Wildman–Crippen LogP) is 4.39. The molecule has 3 N–H and O–H groups in total. The second-order valence-corrected chi connectivity index (χ2v) is 8.13. The number of aryl methyl sites for hydroxylation is 2. The summed E-state index contributed by atoms with van der Waals surface area (Å²) >= 11 is 1.41. The minimum absolute atomic E-state index is 0.0432. The first-order valence-electron chi connectivity index (χ1n) is 9.03. The normalized spacial score (nSPS) is 12.2. The highest BCUT2D eigenvalue weighted by atomic mass is 32.2. The first-order valence-corrected chi connectivity index (χ1v) is 9.91. The quantitative estimate of drug-likeness (QED) is 0.463. The molecule has 0 aliphatic heterocycles. The van der Waals surface area contributed by atoms with Crippen LogP contribution in [-0.2, 0) is 14.4 Å². The number of rotatable bonds is 7. The number of carbonyl (C=O) groups is 3. The highest BCUT2D eigenvalue weighted by Crippen LogP contribution is 2.26. The molecule has 2 amide bonds. The van der Waals surface area contributed by atoms with Gasteiger partial charge in [-0.15, -0.1) is 11.8 Å². The highest BCUT2D eigenvalue weighted by Gasteiger charge is 2.15. The maximum Gasteiger partial charge on any atom is 0.331 e. The third kappa shape index (κ3) is 6.80. The van der Waals surface area contributed by atoms with Crippen molar-refractivity contribution in [2.45, 2.75) is 37.8 Å². The van der Waals surface area contributed by atoms with E-state index < -0.39 is 11.9 Å². The van der Waals surface area contributed by atoms with Gasteiger partial charge in [0.25, 0.3) is 0 Å². The van der Waals surface area contributed by atoms with E-state index in [4.69, 9.17) is 5.11 Å². The molecule has 0 saturated heterocycles. The molecule has 0 radical (unpaired) electrons. The van der Waals surface area contributed by atoms with Gasteiger partial charge in [0.15, 0.2) is 0 Å². The largest absolute Gasteiger partial charge is 0.478 e. The van der Waals surface area contributed by atoms with Crippen LogP contribution in [0.5, 0.6) is 0 Å². The lowest BCUT2D eigenvalue weighted by Crippen LogP contribution is -2.22. The van der Waals surface area contributed by atoms with Crippen molar-refractivity contribution in [3.63, 3.8) is 0 Å². The number of carboxylic acids is 1. The molecule has 0 unspecified atom stereocenters. The summed E-state index contributed by atoms with van der Waals surface area (Å²) in [6.07, 6.45) is 1.03. The van der Waals surface area contributed by atoms with Crippen molar-refractivity contribution < 1.29 is 19.5 Å². The summed E-state index contributed by atoms with van der Waals surface area (Å²) in [5.41, 5.74) is 3.46. The van der Waals surface area contributed by atoms with Gasteiger partial charge in [0, 0.05) is 27.9 Å². The molecule has 152 valence electrons. The maximum absolute atomic E-state index is 12.5. The van der Waals surface area contributed by atoms with E-state index in [0.717, 1.165) is 27.8 Å². The fourth-order valence-electron chi connectivity index (χ4n) is 2.50. The van der Waals surface area contributed by atoms with Gasteiger partial charge in [0.2, 0.25) is 11.8 Å². The summed E-state index contributed by atoms with van der Waals surface area (Å²) in [6.45, 7) is 7.15. The Morgan fingerprint density at radius 1 is 1.03 bits per heavy atom. The van der Waals surface area contributed by atoms with E-state index in [1.54, 1.807) is 24.3 Å². The molecule has 0 bridgehead atoms. The Hall–Kier alpha value is -3.06. The van der Waals surface area contributed by atoms with Gasteiger partial charge < -0.3 is 15.7 Å². The van der Waals surface area contributed by atoms with Gasteiger partial charge in [-0.05, 0) is 63.6 Å². The topological polar surface area (TPSA) is 95.5 Å². The molecule has 0 aliphatic carbocycles. The molecular weight excluding hydrogens is 388 g/mol. The molecule has 2 rings (SSSR count). The third-order valence-electron chi connectivity index (χ3n) is 4.13. The minimum Gasteiger partial charge on any atom is -0.478 e. The highest BCUT2D eigenvalue weighted by molar-refractivity contribution is 8.00. The average molecular weight is 413 g/mol. The molecule has 29 heavy (non-hydrogen) atoms. The van der Waals surface area contributed by atoms with E-state index in [-0.39, 0.29) is 16.7 Å². The summed E-state index contributed by atoms with van der Waals surface area (Å²) in [5.74, 6) is -1.74. The van der Waals surface area contributed by atoms with Crippen LogP contribution in [0.15, 0.2) is 59.0 Å². The predicted molar refractivity (Wildman–Crippen MR) is 116 cm³/mol. The number of amides is 2. The van der Waals surface area contributed by atoms with Gasteiger partial charge in [0.05, 0.1) is 5.25 Å². The fourth-order valence-corrected chi connectivity index (χ4v) is 3.37. The van der Waals surface area contributed by atoms with Crippen LogP contribution in [0.1, 0.15) is 25.0 Å². The SMILES string of the molecule is C/C(=C\C(=O)Nc1ccc(S[C@@H](C)C(=O)Nc2ccc(C)cc2C)cc1)C(=O)O. The van der Waals surface area contributed by atoms with E-state index in [1.807, 2.05) is 39.0 Å². The zero-order chi connectivity index (χ0) is 21.6. The minimum atomic E-state index is -1.14. The average Bonchev–Trinajstić information content (AvgIpc) is 2.65. The number of aliphatic carboxylic acids is 1. The summed E-state index contributed by atoms with van der Waals surface area (Å²) in [7, 11) is 0. The van der Waals surface area contributed by atoms with E-state index in [2.05, 4.69) is 10.6 Å². The molecule has 7 heteroatoms. The third-order valence-corrected chi connectivity index (χ3v) is 5.24. The van der Waals surface area contributed by atoms with Crippen LogP contribution in [0.2, 0.25) is 0 Å². The summed E-state index contributed by atoms with van der Waals surface area (Å²) < 4.78 is 0. The molecular formula is C22H24N2O4S. The number of nitrogens with one attached hydrogen (secondary N) is 2. The lowest BCUT2D eigenvalue weighted by atomic mass is 10.1. The Bertz CT molecular complexity index is 952. The number of anilines is 2. The van der Waals surface area contributed by atoms with Gasteiger partial charge in [-0.25, -0.2) is 4.79 Å². The zero-order valence-corrected chi connectivity index (χ0v) is 17.6. The van der Waals surface area contributed by atoms with Crippen LogP contribution in [0, 0.1) is 13.8 Å². The Balaban J connectivity index is 1.94. The number of hydrogen-bond acceptors (Lipinski definition) is 4. The van der Waals surface area contributed by atoms with Gasteiger partial charge in [-0.2, -0.15) is 0 Å². The maximum atomic E-state index is 12.5. The Kier molecular flexibility index (Phi) is 7.61. The molecule has 0 spiro atoms. The van der Waals surface area contributed by atoms with E-state index in [0.29, 0.717) is 5.69 Å². The number of carboxylic acid groups (broad SMARTS) is 1. The standard InChI is InChI=1S/C22H24N2O4S/c1-13-5-10-19(14(2)11-13)24-21(26)16(4)29-18-8-6-17(7-9-18)23-20(25)12-15(3)22(27)28/h5-12,16H,1-4H3,(H,23,25)(H,24,26)(H,27,28)/b15-12+/t16-/m0/s1. The smallest absolute Gasteiger partial charge is 0.331 e. The second-order valence-electron chi connectivity index (χ2n) is 6.71. The first-order chi connectivity index (χ1) is 13.7. The number of hydrogen-bond donors (Lipinski definition) is 3. The molecule has 0 aromatic heterocycles. The Morgan fingerprint density at radius 3 is 2.28 bits per heavy atom. The van der Waals surface area contributed by atoms with E-state index in [9.17, 15) is 14.4 Å². The van der Waals surface area contributed by atoms with Crippen LogP contribution >= 0.6 is 11.8 Å². The van der Waals surface area contributed by atoms with Crippen LogP contribution < -0.4 is 10.6 Å². The molecule has 2 aromatic rings. The lowest BCUT2D eigenvalue weighted by Gasteiger charge is -2.14. The second kappa shape index (κ2) is 9.93. The summed E-state index contributed by atoms with van der Waals surface area (Å²) in [5, 5.41) is 14.0. The van der Waals surface area contributed by atoms with Crippen molar-refractivity contribution in [3.05, 3.63) is 65.2 Å². The zero-order valence-electron chi connectivity index (χ0n) is 16.8. The van der Waals surface area contributed by atoms with Crippen LogP contribution in [0.4, 0.5) is 11.4 Å². The van der Waals surface area contributed by atoms with E-state index >= 15 is 0 Å². The molecule has 1 atom stereocenters. The van der Waals surface area contributed by atoms with Gasteiger partial charge in [-0.1, -0.05) is 17.7 Å². The first kappa shape index (κ1) is 22.2. The van der Waals surface area contributed by atoms with Crippen LogP contribution in [-0.4, -0.2) is 28.1 Å². The van der Waals surface area contributed by atoms with Crippen molar-refractivity contribution in [2.24, 2.45) is 0 Å². The molecule has 2 aromatic carbocycles. The van der Waals surface area contributed by atoms with Gasteiger partial charge in [-0.3, -0.25) is 9.59 Å². The lowest BCUT2D eigenvalue weighted by molar-refractivity contribution is -0.132. The van der Waals surface area contributed by atoms with Crippen LogP contribution in [0.3, 0.4) is 0 Å². The fraction of sp³-hybridized carbons (Fsp3) is 0.227. The van der Waals surface area contributed by atoms with Crippen molar-refractivity contribution in [1.82, 2.24) is 0 Å². The molecule has 6 nitrogen and oxygen atoms in total. The summed E-state index contributed by atoms with van der Waals surface area (Å²) in [6, 6.07) is 12.9. The van der Waals surface area contributed by atoms with Gasteiger partial charge in [0.1, 0.15) is 0 Å². The van der Waals surface area contributed by atoms with Crippen molar-refractivity contribution in [2.75, 3.05) is 10.6 Å². The molecule has 0 fully saturated rings. The molecule has 0 saturated carbocycles. The summed E-state index contributed by atoms with van der Waals surface area (Å²) in [4.78, 5) is 35.9. The van der Waals surface area contributed by atoms with Crippen molar-refractivity contribution in [1.29, 1.82) is 0 Å². The molecule has 0 aliphatic rings. The Labute approximate surface area is 174 Å². The Morgan fingerprint density at radius 2 is 1.69 bits per heavy atom. The molecule has 0 heterocycles. The number of carbonyl (C=O) groups excluding carboxylic acids is 2. The number of thioether (sulfide) groups is 1. The number of benzene rings is 2.